The number of hydrogen-bond donors (Lipinski definition) is 1. The summed E-state index contributed by atoms with van der Waals surface area (Å²) in [5.41, 5.74) is 2.63. The van der Waals surface area contributed by atoms with Crippen molar-refractivity contribution in [2.45, 2.75) is 6.54 Å². The molecule has 10 heteroatoms. The number of nitro groups is 1. The summed E-state index contributed by atoms with van der Waals surface area (Å²) in [7, 11) is 0. The van der Waals surface area contributed by atoms with Gasteiger partial charge in [-0.25, -0.2) is 18.7 Å². The number of nitrogens with one attached hydrogen (secondary N) is 1. The summed E-state index contributed by atoms with van der Waals surface area (Å²) in [6.07, 6.45) is 1.58. The fourth-order valence-electron chi connectivity index (χ4n) is 3.72. The number of non-ortho nitro benzene ring substituents is 1. The van der Waals surface area contributed by atoms with Crippen molar-refractivity contribution >= 4 is 34.6 Å². The van der Waals surface area contributed by atoms with Crippen LogP contribution in [-0.4, -0.2) is 20.6 Å². The van der Waals surface area contributed by atoms with Gasteiger partial charge in [-0.15, -0.1) is 0 Å². The Morgan fingerprint density at radius 3 is 2.44 bits per heavy atom. The molecule has 0 aliphatic carbocycles. The molecule has 168 valence electrons. The van der Waals surface area contributed by atoms with Crippen molar-refractivity contribution in [2.24, 2.45) is 4.99 Å². The lowest BCUT2D eigenvalue weighted by Crippen LogP contribution is -2.10. The van der Waals surface area contributed by atoms with Gasteiger partial charge in [-0.3, -0.25) is 15.1 Å². The van der Waals surface area contributed by atoms with Crippen molar-refractivity contribution in [1.82, 2.24) is 9.97 Å². The van der Waals surface area contributed by atoms with Gasteiger partial charge in [0.25, 0.3) is 5.69 Å². The molecule has 5 rings (SSSR count). The average molecular weight is 478 g/mol. The Bertz CT molecular complexity index is 1450. The molecule has 0 fully saturated rings. The van der Waals surface area contributed by atoms with Crippen molar-refractivity contribution in [1.29, 1.82) is 0 Å². The van der Waals surface area contributed by atoms with E-state index in [1.165, 1.54) is 30.3 Å². The maximum absolute atomic E-state index is 14.6. The van der Waals surface area contributed by atoms with E-state index in [9.17, 15) is 18.9 Å². The summed E-state index contributed by atoms with van der Waals surface area (Å²) in [5, 5.41) is 14.3. The number of hydrogen-bond acceptors (Lipinski definition) is 6. The number of fused-ring (bicyclic) bond motifs is 3. The summed E-state index contributed by atoms with van der Waals surface area (Å²) in [4.78, 5) is 23.8. The van der Waals surface area contributed by atoms with Crippen LogP contribution in [0.5, 0.6) is 0 Å². The summed E-state index contributed by atoms with van der Waals surface area (Å²) < 4.78 is 29.3. The van der Waals surface area contributed by atoms with Gasteiger partial charge in [0.15, 0.2) is 0 Å². The Morgan fingerprint density at radius 1 is 1.00 bits per heavy atom. The first-order valence-electron chi connectivity index (χ1n) is 10.1. The molecule has 3 aromatic carbocycles. The molecule has 2 heterocycles. The zero-order valence-electron chi connectivity index (χ0n) is 17.3. The number of anilines is 2. The second kappa shape index (κ2) is 8.60. The SMILES string of the molecule is O=[N+]([O-])c1ccc(Nc2ncc3c(n2)-c2ccc(Cl)cc2C(c2c(F)cccc2F)=NC3)cc1. The zero-order chi connectivity index (χ0) is 23.8. The molecular formula is C24H14ClF2N5O2. The van der Waals surface area contributed by atoms with Crippen molar-refractivity contribution in [3.8, 4) is 11.3 Å². The fraction of sp³-hybridized carbons (Fsp3) is 0.0417. The van der Waals surface area contributed by atoms with Gasteiger partial charge in [-0.1, -0.05) is 23.7 Å². The van der Waals surface area contributed by atoms with E-state index in [0.29, 0.717) is 33.1 Å². The normalized spacial score (nSPS) is 12.3. The summed E-state index contributed by atoms with van der Waals surface area (Å²) in [6, 6.07) is 14.5. The Morgan fingerprint density at radius 2 is 1.74 bits per heavy atom. The molecule has 7 nitrogen and oxygen atoms in total. The van der Waals surface area contributed by atoms with Crippen LogP contribution in [0, 0.1) is 21.7 Å². The summed E-state index contributed by atoms with van der Waals surface area (Å²) in [5.74, 6) is -1.22. The van der Waals surface area contributed by atoms with Crippen LogP contribution < -0.4 is 5.32 Å². The molecule has 0 bridgehead atoms. The number of rotatable bonds is 4. The minimum absolute atomic E-state index is 0.0377. The molecule has 1 N–H and O–H groups in total. The summed E-state index contributed by atoms with van der Waals surface area (Å²) >= 11 is 6.23. The first kappa shape index (κ1) is 21.6. The smallest absolute Gasteiger partial charge is 0.269 e. The highest BCUT2D eigenvalue weighted by Gasteiger charge is 2.25. The van der Waals surface area contributed by atoms with E-state index in [-0.39, 0.29) is 29.5 Å². The average Bonchev–Trinajstić information content (AvgIpc) is 2.96. The van der Waals surface area contributed by atoms with Gasteiger partial charge in [0.1, 0.15) is 11.6 Å². The lowest BCUT2D eigenvalue weighted by Gasteiger charge is -2.13. The summed E-state index contributed by atoms with van der Waals surface area (Å²) in [6.45, 7) is 0.0998. The predicted molar refractivity (Wildman–Crippen MR) is 125 cm³/mol. The number of aromatic nitrogens is 2. The van der Waals surface area contributed by atoms with Gasteiger partial charge in [0.2, 0.25) is 5.95 Å². The molecular weight excluding hydrogens is 464 g/mol. The largest absolute Gasteiger partial charge is 0.324 e. The quantitative estimate of drug-likeness (QED) is 0.284. The second-order valence-corrected chi connectivity index (χ2v) is 7.88. The molecule has 0 unspecified atom stereocenters. The van der Waals surface area contributed by atoms with Crippen LogP contribution in [0.1, 0.15) is 16.7 Å². The number of benzene rings is 3. The van der Waals surface area contributed by atoms with Gasteiger partial charge in [0, 0.05) is 45.7 Å². The molecule has 1 aliphatic heterocycles. The highest BCUT2D eigenvalue weighted by atomic mass is 35.5. The van der Waals surface area contributed by atoms with E-state index in [0.717, 1.165) is 0 Å². The molecule has 0 amide bonds. The zero-order valence-corrected chi connectivity index (χ0v) is 18.1. The number of halogens is 3. The van der Waals surface area contributed by atoms with E-state index in [2.05, 4.69) is 20.3 Å². The number of nitrogens with zero attached hydrogens (tertiary/aromatic N) is 4. The maximum Gasteiger partial charge on any atom is 0.269 e. The van der Waals surface area contributed by atoms with Gasteiger partial charge < -0.3 is 5.32 Å². The Balaban J connectivity index is 1.59. The van der Waals surface area contributed by atoms with Crippen LogP contribution >= 0.6 is 11.6 Å². The van der Waals surface area contributed by atoms with Crippen LogP contribution in [-0.2, 0) is 6.54 Å². The van der Waals surface area contributed by atoms with Gasteiger partial charge >= 0.3 is 0 Å². The minimum Gasteiger partial charge on any atom is -0.324 e. The monoisotopic (exact) mass is 477 g/mol. The third-order valence-corrected chi connectivity index (χ3v) is 5.53. The highest BCUT2D eigenvalue weighted by Crippen LogP contribution is 2.34. The van der Waals surface area contributed by atoms with E-state index >= 15 is 0 Å². The van der Waals surface area contributed by atoms with E-state index < -0.39 is 16.6 Å². The fourth-order valence-corrected chi connectivity index (χ4v) is 3.89. The van der Waals surface area contributed by atoms with Crippen LogP contribution in [0.2, 0.25) is 5.02 Å². The minimum atomic E-state index is -0.734. The van der Waals surface area contributed by atoms with E-state index in [1.807, 2.05) is 0 Å². The molecule has 34 heavy (non-hydrogen) atoms. The molecule has 0 radical (unpaired) electrons. The van der Waals surface area contributed by atoms with Crippen LogP contribution in [0.25, 0.3) is 11.3 Å². The van der Waals surface area contributed by atoms with Crippen molar-refractivity contribution in [3.05, 3.63) is 110 Å². The van der Waals surface area contributed by atoms with Gasteiger partial charge in [-0.2, -0.15) is 0 Å². The van der Waals surface area contributed by atoms with Gasteiger partial charge in [0.05, 0.1) is 28.4 Å². The molecule has 0 saturated heterocycles. The van der Waals surface area contributed by atoms with E-state index in [1.54, 1.807) is 36.5 Å². The second-order valence-electron chi connectivity index (χ2n) is 7.45. The first-order valence-corrected chi connectivity index (χ1v) is 10.4. The van der Waals surface area contributed by atoms with Crippen molar-refractivity contribution < 1.29 is 13.7 Å². The molecule has 4 aromatic rings. The Hall–Kier alpha value is -4.24. The topological polar surface area (TPSA) is 93.3 Å². The first-order chi connectivity index (χ1) is 16.4. The molecule has 0 spiro atoms. The lowest BCUT2D eigenvalue weighted by atomic mass is 9.95. The standard InChI is InChI=1S/C24H14ClF2N5O2/c25-14-4-9-17-18(10-14)23(21-19(26)2-1-3-20(21)27)28-11-13-12-29-24(31-22(13)17)30-15-5-7-16(8-6-15)32(33)34/h1-10,12H,11H2,(H,29,30,31). The number of nitro benzene ring substituents is 1. The van der Waals surface area contributed by atoms with E-state index in [4.69, 9.17) is 11.6 Å². The highest BCUT2D eigenvalue weighted by molar-refractivity contribution is 6.31. The lowest BCUT2D eigenvalue weighted by molar-refractivity contribution is -0.384. The van der Waals surface area contributed by atoms with Crippen LogP contribution in [0.3, 0.4) is 0 Å². The molecule has 1 aliphatic rings. The van der Waals surface area contributed by atoms with Crippen LogP contribution in [0.15, 0.2) is 71.9 Å². The Labute approximate surface area is 196 Å². The maximum atomic E-state index is 14.6. The van der Waals surface area contributed by atoms with Crippen molar-refractivity contribution in [3.63, 3.8) is 0 Å². The Kier molecular flexibility index (Phi) is 5.46. The molecule has 0 atom stereocenters. The van der Waals surface area contributed by atoms with Gasteiger partial charge in [-0.05, 0) is 36.4 Å². The van der Waals surface area contributed by atoms with Crippen LogP contribution in [0.4, 0.5) is 26.1 Å². The third kappa shape index (κ3) is 3.97. The molecule has 1 aromatic heterocycles. The van der Waals surface area contributed by atoms with Crippen molar-refractivity contribution in [2.75, 3.05) is 5.32 Å². The number of aliphatic imine (C=N–C) groups is 1. The third-order valence-electron chi connectivity index (χ3n) is 5.30. The molecule has 0 saturated carbocycles. The predicted octanol–water partition coefficient (Wildman–Crippen LogP) is 6.08.